The van der Waals surface area contributed by atoms with Crippen LogP contribution in [0.2, 0.25) is 0 Å². The third-order valence-electron chi connectivity index (χ3n) is 4.32. The van der Waals surface area contributed by atoms with E-state index in [0.717, 1.165) is 0 Å². The molecule has 29 heavy (non-hydrogen) atoms. The van der Waals surface area contributed by atoms with E-state index in [9.17, 15) is 9.90 Å². The van der Waals surface area contributed by atoms with E-state index >= 15 is 0 Å². The average Bonchev–Trinajstić information content (AvgIpc) is 2.74. The Morgan fingerprint density at radius 3 is 2.76 bits per heavy atom. The fraction of sp³-hybridized carbons (Fsp3) is 0.318. The first kappa shape index (κ1) is 22.4. The van der Waals surface area contributed by atoms with Gasteiger partial charge < -0.3 is 30.7 Å². The van der Waals surface area contributed by atoms with Crippen molar-refractivity contribution in [3.63, 3.8) is 0 Å². The number of methoxy groups -OCH3 is 1. The Labute approximate surface area is 170 Å². The van der Waals surface area contributed by atoms with Crippen molar-refractivity contribution in [2.75, 3.05) is 31.4 Å². The molecule has 7 heteroatoms. The second-order valence-electron chi connectivity index (χ2n) is 6.42. The largest absolute Gasteiger partial charge is 0.491 e. The fourth-order valence-electron chi connectivity index (χ4n) is 2.81. The molecule has 0 aliphatic rings. The topological polar surface area (TPSA) is 114 Å². The maximum atomic E-state index is 12.0. The lowest BCUT2D eigenvalue weighted by molar-refractivity contribution is -0.111. The number of amides is 1. The van der Waals surface area contributed by atoms with Crippen molar-refractivity contribution in [3.8, 4) is 5.75 Å². The van der Waals surface area contributed by atoms with Gasteiger partial charge in [0.2, 0.25) is 5.91 Å². The molecule has 0 radical (unpaired) electrons. The molecule has 0 fully saturated rings. The van der Waals surface area contributed by atoms with Crippen LogP contribution in [0.3, 0.4) is 0 Å². The molecule has 1 amide bonds. The van der Waals surface area contributed by atoms with Gasteiger partial charge in [-0.1, -0.05) is 30.3 Å². The third kappa shape index (κ3) is 7.23. The molecule has 0 spiro atoms. The quantitative estimate of drug-likeness (QED) is 0.341. The highest BCUT2D eigenvalue weighted by Gasteiger charge is 2.20. The maximum Gasteiger partial charge on any atom is 0.248 e. The maximum absolute atomic E-state index is 12.0. The molecular weight excluding hydrogens is 372 g/mol. The molecule has 2 rings (SSSR count). The van der Waals surface area contributed by atoms with Crippen LogP contribution in [0.1, 0.15) is 24.5 Å². The number of anilines is 2. The third-order valence-corrected chi connectivity index (χ3v) is 4.32. The predicted octanol–water partition coefficient (Wildman–Crippen LogP) is 2.66. The SMILES string of the molecule is CO[C@@H](CC/C=C/C(=O)Nc1ccccc1N)[C@@H](O)c1cccc(OCCO)c1. The van der Waals surface area contributed by atoms with E-state index in [1.807, 2.05) is 0 Å². The summed E-state index contributed by atoms with van der Waals surface area (Å²) in [5, 5.41) is 22.2. The van der Waals surface area contributed by atoms with Crippen LogP contribution in [-0.2, 0) is 9.53 Å². The van der Waals surface area contributed by atoms with Crippen molar-refractivity contribution < 1.29 is 24.5 Å². The number of nitrogens with one attached hydrogen (secondary N) is 1. The van der Waals surface area contributed by atoms with Crippen LogP contribution >= 0.6 is 0 Å². The van der Waals surface area contributed by atoms with Crippen molar-refractivity contribution >= 4 is 17.3 Å². The average molecular weight is 400 g/mol. The molecule has 2 atom stereocenters. The lowest BCUT2D eigenvalue weighted by atomic mass is 10.0. The first-order valence-corrected chi connectivity index (χ1v) is 9.41. The van der Waals surface area contributed by atoms with E-state index < -0.39 is 12.2 Å². The van der Waals surface area contributed by atoms with E-state index in [1.165, 1.54) is 13.2 Å². The Morgan fingerprint density at radius 2 is 2.03 bits per heavy atom. The van der Waals surface area contributed by atoms with E-state index in [1.54, 1.807) is 54.6 Å². The smallest absolute Gasteiger partial charge is 0.248 e. The molecule has 0 unspecified atom stereocenters. The number of para-hydroxylation sites is 2. The molecular formula is C22H28N2O5. The summed E-state index contributed by atoms with van der Waals surface area (Å²) in [7, 11) is 1.54. The van der Waals surface area contributed by atoms with Gasteiger partial charge in [-0.2, -0.15) is 0 Å². The van der Waals surface area contributed by atoms with Crippen LogP contribution in [0.25, 0.3) is 0 Å². The number of nitrogen functional groups attached to an aromatic ring is 1. The van der Waals surface area contributed by atoms with Crippen LogP contribution in [0, 0.1) is 0 Å². The van der Waals surface area contributed by atoms with Gasteiger partial charge in [-0.3, -0.25) is 4.79 Å². The van der Waals surface area contributed by atoms with Crippen molar-refractivity contribution in [1.82, 2.24) is 0 Å². The van der Waals surface area contributed by atoms with Crippen LogP contribution in [-0.4, -0.2) is 42.5 Å². The van der Waals surface area contributed by atoms with Crippen LogP contribution in [0.15, 0.2) is 60.7 Å². The van der Waals surface area contributed by atoms with E-state index in [-0.39, 0.29) is 19.1 Å². The fourth-order valence-corrected chi connectivity index (χ4v) is 2.81. The summed E-state index contributed by atoms with van der Waals surface area (Å²) in [5.41, 5.74) is 7.53. The predicted molar refractivity (Wildman–Crippen MR) is 113 cm³/mol. The highest BCUT2D eigenvalue weighted by molar-refractivity contribution is 6.01. The van der Waals surface area contributed by atoms with Crippen molar-refractivity contribution in [3.05, 3.63) is 66.2 Å². The summed E-state index contributed by atoms with van der Waals surface area (Å²) in [6.45, 7) is 0.110. The Balaban J connectivity index is 1.87. The monoisotopic (exact) mass is 400 g/mol. The number of allylic oxidation sites excluding steroid dienone is 1. The van der Waals surface area contributed by atoms with Gasteiger partial charge in [0, 0.05) is 7.11 Å². The minimum atomic E-state index is -0.843. The number of carbonyl (C=O) groups excluding carboxylic acids is 1. The normalized spacial score (nSPS) is 13.2. The number of nitrogens with two attached hydrogens (primary N) is 1. The Hall–Kier alpha value is -2.87. The number of benzene rings is 2. The number of rotatable bonds is 11. The summed E-state index contributed by atoms with van der Waals surface area (Å²) < 4.78 is 10.8. The summed E-state index contributed by atoms with van der Waals surface area (Å²) in [5.74, 6) is 0.299. The summed E-state index contributed by atoms with van der Waals surface area (Å²) >= 11 is 0. The molecule has 0 aliphatic heterocycles. The molecule has 0 aliphatic carbocycles. The highest BCUT2D eigenvalue weighted by atomic mass is 16.5. The Morgan fingerprint density at radius 1 is 1.24 bits per heavy atom. The number of aliphatic hydroxyl groups excluding tert-OH is 2. The Bertz CT molecular complexity index is 809. The van der Waals surface area contributed by atoms with Gasteiger partial charge >= 0.3 is 0 Å². The van der Waals surface area contributed by atoms with Crippen molar-refractivity contribution in [1.29, 1.82) is 0 Å². The molecule has 2 aromatic carbocycles. The molecule has 0 saturated heterocycles. The second kappa shape index (κ2) is 11.9. The minimum absolute atomic E-state index is 0.0791. The molecule has 156 valence electrons. The van der Waals surface area contributed by atoms with E-state index in [4.69, 9.17) is 20.3 Å². The molecule has 7 nitrogen and oxygen atoms in total. The zero-order valence-electron chi connectivity index (χ0n) is 16.5. The number of hydrogen-bond acceptors (Lipinski definition) is 6. The molecule has 2 aromatic rings. The number of ether oxygens (including phenoxy) is 2. The zero-order valence-corrected chi connectivity index (χ0v) is 16.5. The van der Waals surface area contributed by atoms with Crippen LogP contribution in [0.4, 0.5) is 11.4 Å². The van der Waals surface area contributed by atoms with Gasteiger partial charge in [0.25, 0.3) is 0 Å². The van der Waals surface area contributed by atoms with Gasteiger partial charge in [-0.15, -0.1) is 0 Å². The highest BCUT2D eigenvalue weighted by Crippen LogP contribution is 2.25. The van der Waals surface area contributed by atoms with Crippen LogP contribution in [0.5, 0.6) is 5.75 Å². The summed E-state index contributed by atoms with van der Waals surface area (Å²) in [6, 6.07) is 14.1. The minimum Gasteiger partial charge on any atom is -0.491 e. The van der Waals surface area contributed by atoms with Gasteiger partial charge in [0.15, 0.2) is 0 Å². The van der Waals surface area contributed by atoms with E-state index in [0.29, 0.717) is 35.5 Å². The first-order chi connectivity index (χ1) is 14.0. The zero-order chi connectivity index (χ0) is 21.1. The van der Waals surface area contributed by atoms with E-state index in [2.05, 4.69) is 5.32 Å². The summed E-state index contributed by atoms with van der Waals surface area (Å²) in [6.07, 6.45) is 2.96. The number of carbonyl (C=O) groups is 1. The van der Waals surface area contributed by atoms with Gasteiger partial charge in [-0.25, -0.2) is 0 Å². The first-order valence-electron chi connectivity index (χ1n) is 9.41. The summed E-state index contributed by atoms with van der Waals surface area (Å²) in [4.78, 5) is 12.0. The van der Waals surface area contributed by atoms with Crippen LogP contribution < -0.4 is 15.8 Å². The Kier molecular flexibility index (Phi) is 9.17. The molecule has 0 aromatic heterocycles. The standard InChI is InChI=1S/C22H28N2O5/c1-28-20(22(27)16-7-6-8-17(15-16)29-14-13-25)11-4-5-12-21(26)24-19-10-3-2-9-18(19)23/h2-3,5-10,12,15,20,22,25,27H,4,11,13-14,23H2,1H3,(H,24,26)/b12-5+/t20-,22-/m0/s1. The molecule has 0 saturated carbocycles. The van der Waals surface area contributed by atoms with Crippen molar-refractivity contribution in [2.45, 2.75) is 25.0 Å². The molecule has 5 N–H and O–H groups in total. The molecule has 0 heterocycles. The lowest BCUT2D eigenvalue weighted by Crippen LogP contribution is -2.21. The van der Waals surface area contributed by atoms with Crippen molar-refractivity contribution in [2.24, 2.45) is 0 Å². The van der Waals surface area contributed by atoms with Gasteiger partial charge in [0.1, 0.15) is 18.5 Å². The van der Waals surface area contributed by atoms with Gasteiger partial charge in [0.05, 0.1) is 24.1 Å². The molecule has 0 bridgehead atoms. The number of hydrogen-bond donors (Lipinski definition) is 4. The lowest BCUT2D eigenvalue weighted by Gasteiger charge is -2.22. The number of aliphatic hydroxyl groups is 2. The van der Waals surface area contributed by atoms with Gasteiger partial charge in [-0.05, 0) is 48.7 Å². The second-order valence-corrected chi connectivity index (χ2v) is 6.42.